The monoisotopic (exact) mass is 790 g/mol. The maximum atomic E-state index is 11.1. The van der Waals surface area contributed by atoms with Gasteiger partial charge in [-0.1, -0.05) is 50.6 Å². The van der Waals surface area contributed by atoms with E-state index in [9.17, 15) is 34.1 Å². The average molecular weight is 791 g/mol. The number of nitrogens with one attached hydrogen (secondary N) is 1. The number of benzene rings is 2. The molecule has 2 aromatic rings. The third kappa shape index (κ3) is 33.5. The zero-order chi connectivity index (χ0) is 41.5. The summed E-state index contributed by atoms with van der Waals surface area (Å²) in [5.74, 6) is -4.23. The van der Waals surface area contributed by atoms with E-state index in [-0.39, 0.29) is 49.4 Å². The van der Waals surface area contributed by atoms with Crippen LogP contribution in [0.1, 0.15) is 51.5 Å². The molecular formula is C32H55ClN10O11. The molecule has 0 heterocycles. The van der Waals surface area contributed by atoms with E-state index in [0.29, 0.717) is 31.6 Å². The molecule has 0 bridgehead atoms. The zero-order valence-corrected chi connectivity index (χ0v) is 31.0. The van der Waals surface area contributed by atoms with Crippen LogP contribution in [0.2, 0.25) is 0 Å². The van der Waals surface area contributed by atoms with Crippen LogP contribution < -0.4 is 45.5 Å². The number of aliphatic imine (C=N–C) groups is 1. The van der Waals surface area contributed by atoms with E-state index in [2.05, 4.69) is 16.0 Å². The lowest BCUT2D eigenvalue weighted by Gasteiger charge is -2.20. The van der Waals surface area contributed by atoms with Crippen molar-refractivity contribution in [1.29, 1.82) is 0 Å². The molecule has 0 aromatic heterocycles. The summed E-state index contributed by atoms with van der Waals surface area (Å²) in [5, 5.41) is 46.4. The Morgan fingerprint density at radius 2 is 1.33 bits per heavy atom. The molecule has 0 spiro atoms. The van der Waals surface area contributed by atoms with Crippen LogP contribution in [0.15, 0.2) is 59.6 Å². The second-order valence-corrected chi connectivity index (χ2v) is 10.9. The van der Waals surface area contributed by atoms with E-state index in [1.165, 1.54) is 24.3 Å². The number of nitro groups is 1. The van der Waals surface area contributed by atoms with Gasteiger partial charge in [-0.2, -0.15) is 0 Å². The van der Waals surface area contributed by atoms with Crippen LogP contribution in [0, 0.1) is 16.0 Å². The number of nitro benzene ring substituents is 1. The number of rotatable bonds is 17. The number of hydrogen-bond acceptors (Lipinski definition) is 13. The maximum absolute atomic E-state index is 11.1. The first-order chi connectivity index (χ1) is 24.7. The van der Waals surface area contributed by atoms with Gasteiger partial charge in [0.05, 0.1) is 11.5 Å². The molecule has 22 heteroatoms. The molecule has 54 heavy (non-hydrogen) atoms. The molecule has 306 valence electrons. The number of hydrogen-bond donors (Lipinski definition) is 12. The Hall–Kier alpha value is -5.61. The number of non-ortho nitro benzene ring substituents is 1. The van der Waals surface area contributed by atoms with E-state index < -0.39 is 52.8 Å². The summed E-state index contributed by atoms with van der Waals surface area (Å²) in [7, 11) is 0. The smallest absolute Gasteiger partial charge is 0.320 e. The van der Waals surface area contributed by atoms with Crippen molar-refractivity contribution in [2.24, 2.45) is 45.3 Å². The van der Waals surface area contributed by atoms with Crippen LogP contribution in [0.5, 0.6) is 0 Å². The van der Waals surface area contributed by atoms with Gasteiger partial charge in [-0.3, -0.25) is 39.1 Å². The van der Waals surface area contributed by atoms with E-state index in [1.54, 1.807) is 0 Å². The Balaban J connectivity index is -0.000000299. The summed E-state index contributed by atoms with van der Waals surface area (Å²) in [6, 6.07) is 13.3. The summed E-state index contributed by atoms with van der Waals surface area (Å²) in [4.78, 5) is 64.0. The third-order valence-corrected chi connectivity index (χ3v) is 6.43. The zero-order valence-electron chi connectivity index (χ0n) is 30.2. The molecule has 0 unspecified atom stereocenters. The lowest BCUT2D eigenvalue weighted by atomic mass is 9.99. The minimum Gasteiger partial charge on any atom is -0.480 e. The fourth-order valence-electron chi connectivity index (χ4n) is 3.25. The lowest BCUT2D eigenvalue weighted by molar-refractivity contribution is -0.384. The first-order valence-corrected chi connectivity index (χ1v) is 15.9. The van der Waals surface area contributed by atoms with Crippen LogP contribution >= 0.6 is 12.4 Å². The molecule has 2 rings (SSSR count). The molecule has 0 saturated carbocycles. The molecule has 1 amide bonds. The van der Waals surface area contributed by atoms with E-state index in [0.717, 1.165) is 12.0 Å². The molecule has 19 N–H and O–H groups in total. The number of carbonyl (C=O) groups is 5. The predicted molar refractivity (Wildman–Crippen MR) is 205 cm³/mol. The van der Waals surface area contributed by atoms with Gasteiger partial charge in [-0.25, -0.2) is 0 Å². The number of nitrogen functional groups attached to an aromatic ring is 1. The van der Waals surface area contributed by atoms with Crippen molar-refractivity contribution < 1.29 is 49.3 Å². The first kappa shape index (κ1) is 55.2. The number of anilines is 1. The summed E-state index contributed by atoms with van der Waals surface area (Å²) in [5.41, 5.74) is 36.7. The number of guanidine groups is 1. The van der Waals surface area contributed by atoms with Gasteiger partial charge in [0.2, 0.25) is 5.91 Å². The number of aliphatic carboxylic acids is 4. The number of carboxylic acids is 4. The Morgan fingerprint density at radius 3 is 1.70 bits per heavy atom. The number of carboxylic acid groups (broad SMARTS) is 4. The van der Waals surface area contributed by atoms with Gasteiger partial charge in [0.15, 0.2) is 5.96 Å². The van der Waals surface area contributed by atoms with Crippen molar-refractivity contribution in [2.45, 2.75) is 70.6 Å². The summed E-state index contributed by atoms with van der Waals surface area (Å²) < 4.78 is 0. The molecule has 0 aliphatic carbocycles. The van der Waals surface area contributed by atoms with E-state index in [1.807, 2.05) is 44.2 Å². The van der Waals surface area contributed by atoms with Crippen molar-refractivity contribution in [2.75, 3.05) is 18.8 Å². The Morgan fingerprint density at radius 1 is 0.852 bits per heavy atom. The molecule has 0 saturated heterocycles. The molecule has 0 aliphatic heterocycles. The van der Waals surface area contributed by atoms with Gasteiger partial charge in [0.25, 0.3) is 5.69 Å². The van der Waals surface area contributed by atoms with Crippen molar-refractivity contribution in [1.82, 2.24) is 5.32 Å². The quantitative estimate of drug-likeness (QED) is 0.0251. The number of amides is 1. The van der Waals surface area contributed by atoms with E-state index in [4.69, 9.17) is 54.8 Å². The van der Waals surface area contributed by atoms with Gasteiger partial charge < -0.3 is 65.9 Å². The van der Waals surface area contributed by atoms with Crippen molar-refractivity contribution in [3.05, 3.63) is 70.3 Å². The lowest BCUT2D eigenvalue weighted by Crippen LogP contribution is -2.41. The van der Waals surface area contributed by atoms with Gasteiger partial charge in [0.1, 0.15) is 18.1 Å². The van der Waals surface area contributed by atoms with Gasteiger partial charge in [-0.05, 0) is 42.9 Å². The summed E-state index contributed by atoms with van der Waals surface area (Å²) >= 11 is 0. The molecule has 0 radical (unpaired) electrons. The highest BCUT2D eigenvalue weighted by atomic mass is 35.5. The fraction of sp³-hybridized carbons (Fsp3) is 0.438. The summed E-state index contributed by atoms with van der Waals surface area (Å²) in [6.45, 7) is 4.70. The minimum atomic E-state index is -1.11. The average Bonchev–Trinajstić information content (AvgIpc) is 3.10. The molecular weight excluding hydrogens is 736 g/mol. The maximum Gasteiger partial charge on any atom is 0.320 e. The number of primary amides is 1. The topological polar surface area (TPSA) is 416 Å². The third-order valence-electron chi connectivity index (χ3n) is 6.43. The molecule has 0 aliphatic rings. The predicted octanol–water partition coefficient (Wildman–Crippen LogP) is 0.0197. The van der Waals surface area contributed by atoms with Gasteiger partial charge in [-0.15, -0.1) is 12.4 Å². The molecule has 21 nitrogen and oxygen atoms in total. The van der Waals surface area contributed by atoms with Crippen LogP contribution in [0.4, 0.5) is 11.4 Å². The normalized spacial score (nSPS) is 11.6. The first-order valence-electron chi connectivity index (χ1n) is 15.9. The molecule has 4 atom stereocenters. The van der Waals surface area contributed by atoms with E-state index >= 15 is 0 Å². The van der Waals surface area contributed by atoms with Crippen LogP contribution in [-0.4, -0.2) is 92.3 Å². The molecule has 0 fully saturated rings. The van der Waals surface area contributed by atoms with Crippen LogP contribution in [0.3, 0.4) is 0 Å². The number of halogens is 1. The van der Waals surface area contributed by atoms with Gasteiger partial charge in [0, 0.05) is 37.3 Å². The SMILES string of the molecule is CC[C@H](C)[C@H](NCc1ccccc1)C(=O)O.Cl.NC(=O)CC[C@H](N)C(=O)O.NC(N)=NCCC[C@H](N)C(=O)O.NCC(=O)O.Nc1ccc([N+](=O)[O-])cc1. The number of nitrogens with zero attached hydrogens (tertiary/aromatic N) is 2. The van der Waals surface area contributed by atoms with Crippen molar-refractivity contribution in [3.8, 4) is 0 Å². The van der Waals surface area contributed by atoms with Crippen LogP contribution in [-0.2, 0) is 30.5 Å². The van der Waals surface area contributed by atoms with Crippen molar-refractivity contribution in [3.63, 3.8) is 0 Å². The number of nitrogens with two attached hydrogens (primary N) is 7. The Labute approximate surface area is 318 Å². The highest BCUT2D eigenvalue weighted by Gasteiger charge is 2.22. The van der Waals surface area contributed by atoms with Crippen LogP contribution in [0.25, 0.3) is 0 Å². The minimum absolute atomic E-state index is 0. The Kier molecular flexibility index (Phi) is 33.9. The highest BCUT2D eigenvalue weighted by Crippen LogP contribution is 2.12. The second-order valence-electron chi connectivity index (χ2n) is 10.9. The fourth-order valence-corrected chi connectivity index (χ4v) is 3.25. The second kappa shape index (κ2) is 33.2. The van der Waals surface area contributed by atoms with Crippen molar-refractivity contribution >= 4 is 59.5 Å². The molecule has 2 aromatic carbocycles. The summed E-state index contributed by atoms with van der Waals surface area (Å²) in [6.07, 6.45) is 1.94. The largest absolute Gasteiger partial charge is 0.480 e. The number of carbonyl (C=O) groups excluding carboxylic acids is 1. The standard InChI is InChI=1S/C13H19NO2.C6H14N4O2.C6H6N2O2.C5H10N2O3.C2H5NO2.ClH/c1-3-10(2)12(13(15)16)14-9-11-7-5-4-6-8-11;7-4(5(11)12)2-1-3-10-6(8)9;7-5-1-3-6(4-2-5)8(9)10;6-3(5(9)10)1-2-4(7)8;3-1-2(4)5;/h4-8,10,12,14H,3,9H2,1-2H3,(H,15,16);4H,1-3,7H2,(H,11,12)(H4,8,9,10);1-4H,7H2;3H,1-2,6H2,(H2,7,8)(H,9,10);1,3H2,(H,4,5);1H/t10-,12-;4-;;3-;;/m00.0../s1. The highest BCUT2D eigenvalue weighted by molar-refractivity contribution is 5.85. The van der Waals surface area contributed by atoms with Gasteiger partial charge >= 0.3 is 23.9 Å². The Bertz CT molecular complexity index is 1400.